The number of benzene rings is 2. The van der Waals surface area contributed by atoms with E-state index in [-0.39, 0.29) is 17.8 Å². The third kappa shape index (κ3) is 5.63. The van der Waals surface area contributed by atoms with E-state index in [1.165, 1.54) is 11.6 Å². The van der Waals surface area contributed by atoms with Crippen molar-refractivity contribution in [2.24, 2.45) is 0 Å². The van der Waals surface area contributed by atoms with Gasteiger partial charge < -0.3 is 9.32 Å². The fourth-order valence-electron chi connectivity index (χ4n) is 5.43. The van der Waals surface area contributed by atoms with E-state index in [2.05, 4.69) is 53.3 Å². The van der Waals surface area contributed by atoms with E-state index in [0.29, 0.717) is 12.8 Å². The molecule has 0 saturated carbocycles. The van der Waals surface area contributed by atoms with Gasteiger partial charge in [-0.1, -0.05) is 36.4 Å². The minimum Gasteiger partial charge on any atom is -0.469 e. The molecular weight excluding hydrogens is 489 g/mol. The van der Waals surface area contributed by atoms with Crippen molar-refractivity contribution in [1.29, 1.82) is 0 Å². The number of likely N-dealkylation sites (N-methyl/N-ethyl adjacent to an activating group) is 1. The van der Waals surface area contributed by atoms with Gasteiger partial charge in [0.15, 0.2) is 5.78 Å². The SMILES string of the molecule is CN1CCN(Cc2ccc(-c3cnc4c(c3)C(c3ccc(F)c(C(=O)CCc5ccco5)c3)=CC4)cc2)CC1. The molecule has 2 aromatic heterocycles. The molecule has 0 bridgehead atoms. The molecule has 0 atom stereocenters. The first kappa shape index (κ1) is 25.4. The van der Waals surface area contributed by atoms with Crippen molar-refractivity contribution in [2.75, 3.05) is 33.2 Å². The fourth-order valence-corrected chi connectivity index (χ4v) is 5.43. The second-order valence-electron chi connectivity index (χ2n) is 10.5. The monoisotopic (exact) mass is 521 g/mol. The van der Waals surface area contributed by atoms with Gasteiger partial charge in [0.05, 0.1) is 17.5 Å². The van der Waals surface area contributed by atoms with Crippen LogP contribution < -0.4 is 0 Å². The molecule has 2 aromatic carbocycles. The van der Waals surface area contributed by atoms with Crippen molar-refractivity contribution >= 4 is 11.4 Å². The highest BCUT2D eigenvalue weighted by molar-refractivity contribution is 5.98. The summed E-state index contributed by atoms with van der Waals surface area (Å²) >= 11 is 0. The zero-order valence-electron chi connectivity index (χ0n) is 22.2. The molecule has 1 aliphatic heterocycles. The van der Waals surface area contributed by atoms with E-state index in [1.807, 2.05) is 12.3 Å². The van der Waals surface area contributed by atoms with Crippen LogP contribution in [0.15, 0.2) is 83.6 Å². The average molecular weight is 522 g/mol. The zero-order valence-corrected chi connectivity index (χ0v) is 22.2. The predicted molar refractivity (Wildman–Crippen MR) is 151 cm³/mol. The van der Waals surface area contributed by atoms with Gasteiger partial charge in [-0.05, 0) is 59.6 Å². The van der Waals surface area contributed by atoms with Gasteiger partial charge in [0.25, 0.3) is 0 Å². The Morgan fingerprint density at radius 3 is 2.54 bits per heavy atom. The maximum Gasteiger partial charge on any atom is 0.166 e. The van der Waals surface area contributed by atoms with Crippen LogP contribution in [0.3, 0.4) is 0 Å². The van der Waals surface area contributed by atoms with Crippen LogP contribution in [0.25, 0.3) is 16.7 Å². The van der Waals surface area contributed by atoms with Gasteiger partial charge in [-0.3, -0.25) is 14.7 Å². The first-order chi connectivity index (χ1) is 19.0. The maximum absolute atomic E-state index is 14.7. The standard InChI is InChI=1S/C33H32FN3O2/c1-36-14-16-37(17-15-36)22-23-4-6-24(7-5-23)26-20-29-28(10-12-32(29)35-21-26)25-8-11-31(34)30(19-25)33(38)13-9-27-3-2-18-39-27/h2-8,10-11,18-21H,9,12-17,22H2,1H3. The molecule has 1 saturated heterocycles. The Morgan fingerprint density at radius 1 is 0.974 bits per heavy atom. The molecule has 0 radical (unpaired) electrons. The van der Waals surface area contributed by atoms with E-state index >= 15 is 0 Å². The van der Waals surface area contributed by atoms with Crippen LogP contribution in [-0.4, -0.2) is 53.8 Å². The number of carbonyl (C=O) groups excluding carboxylic acids is 1. The second-order valence-corrected chi connectivity index (χ2v) is 10.5. The van der Waals surface area contributed by atoms with Crippen molar-refractivity contribution in [3.05, 3.63) is 119 Å². The van der Waals surface area contributed by atoms with Gasteiger partial charge >= 0.3 is 0 Å². The number of fused-ring (bicyclic) bond motifs is 1. The normalized spacial score (nSPS) is 15.8. The van der Waals surface area contributed by atoms with Crippen molar-refractivity contribution in [1.82, 2.24) is 14.8 Å². The van der Waals surface area contributed by atoms with Crippen LogP contribution in [0.1, 0.15) is 44.9 Å². The molecule has 198 valence electrons. The molecule has 1 aliphatic carbocycles. The number of pyridine rings is 1. The first-order valence-corrected chi connectivity index (χ1v) is 13.6. The molecule has 3 heterocycles. The van der Waals surface area contributed by atoms with Gasteiger partial charge in [-0.15, -0.1) is 0 Å². The maximum atomic E-state index is 14.7. The number of furan rings is 1. The second kappa shape index (κ2) is 11.1. The third-order valence-electron chi connectivity index (χ3n) is 7.81. The summed E-state index contributed by atoms with van der Waals surface area (Å²) in [6.07, 6.45) is 6.98. The van der Waals surface area contributed by atoms with E-state index in [0.717, 1.165) is 72.0 Å². The molecule has 39 heavy (non-hydrogen) atoms. The van der Waals surface area contributed by atoms with Gasteiger partial charge in [-0.25, -0.2) is 4.39 Å². The lowest BCUT2D eigenvalue weighted by Crippen LogP contribution is -2.43. The number of allylic oxidation sites excluding steroid dienone is 1. The number of nitrogens with zero attached hydrogens (tertiary/aromatic N) is 3. The lowest BCUT2D eigenvalue weighted by atomic mass is 9.95. The molecule has 6 rings (SSSR count). The average Bonchev–Trinajstić information content (AvgIpc) is 3.64. The Hall–Kier alpha value is -3.87. The topological polar surface area (TPSA) is 49.6 Å². The molecule has 0 N–H and O–H groups in total. The minimum atomic E-state index is -0.495. The number of aryl methyl sites for hydroxylation is 1. The summed E-state index contributed by atoms with van der Waals surface area (Å²) in [4.78, 5) is 22.5. The van der Waals surface area contributed by atoms with Crippen LogP contribution in [0.5, 0.6) is 0 Å². The summed E-state index contributed by atoms with van der Waals surface area (Å²) in [6.45, 7) is 5.40. The number of piperazine rings is 1. The molecule has 0 unspecified atom stereocenters. The quantitative estimate of drug-likeness (QED) is 0.265. The van der Waals surface area contributed by atoms with Crippen molar-refractivity contribution in [3.63, 3.8) is 0 Å². The van der Waals surface area contributed by atoms with E-state index in [9.17, 15) is 9.18 Å². The Bertz CT molecular complexity index is 1500. The summed E-state index contributed by atoms with van der Waals surface area (Å²) in [5, 5.41) is 0. The van der Waals surface area contributed by atoms with Gasteiger partial charge in [0.1, 0.15) is 11.6 Å². The van der Waals surface area contributed by atoms with Crippen molar-refractivity contribution in [2.45, 2.75) is 25.8 Å². The Kier molecular flexibility index (Phi) is 7.22. The minimum absolute atomic E-state index is 0.119. The lowest BCUT2D eigenvalue weighted by molar-refractivity contribution is 0.0977. The Morgan fingerprint density at radius 2 is 1.77 bits per heavy atom. The number of ketones is 1. The third-order valence-corrected chi connectivity index (χ3v) is 7.81. The van der Waals surface area contributed by atoms with Crippen LogP contribution >= 0.6 is 0 Å². The Balaban J connectivity index is 1.19. The number of hydrogen-bond donors (Lipinski definition) is 0. The molecule has 1 fully saturated rings. The van der Waals surface area contributed by atoms with E-state index in [1.54, 1.807) is 24.5 Å². The summed E-state index contributed by atoms with van der Waals surface area (Å²) < 4.78 is 20.0. The first-order valence-electron chi connectivity index (χ1n) is 13.6. The van der Waals surface area contributed by atoms with Crippen LogP contribution in [-0.2, 0) is 19.4 Å². The molecule has 5 nitrogen and oxygen atoms in total. The largest absolute Gasteiger partial charge is 0.469 e. The zero-order chi connectivity index (χ0) is 26.8. The molecule has 4 aromatic rings. The number of aromatic nitrogens is 1. The van der Waals surface area contributed by atoms with E-state index < -0.39 is 5.82 Å². The molecule has 0 amide bonds. The Labute approximate surface area is 228 Å². The number of halogens is 1. The summed E-state index contributed by atoms with van der Waals surface area (Å²) in [5.74, 6) is -0.00281. The highest BCUT2D eigenvalue weighted by Crippen LogP contribution is 2.35. The number of Topliss-reactive ketones (excluding diaryl/α,β-unsaturated/α-hetero) is 1. The molecule has 6 heteroatoms. The predicted octanol–water partition coefficient (Wildman–Crippen LogP) is 6.03. The van der Waals surface area contributed by atoms with Gasteiger partial charge in [-0.2, -0.15) is 0 Å². The van der Waals surface area contributed by atoms with Gasteiger partial charge in [0, 0.05) is 69.3 Å². The smallest absolute Gasteiger partial charge is 0.166 e. The van der Waals surface area contributed by atoms with Crippen LogP contribution in [0.4, 0.5) is 4.39 Å². The van der Waals surface area contributed by atoms with E-state index in [4.69, 9.17) is 9.40 Å². The molecule has 0 spiro atoms. The summed E-state index contributed by atoms with van der Waals surface area (Å²) in [6, 6.07) is 19.4. The van der Waals surface area contributed by atoms with Crippen molar-refractivity contribution < 1.29 is 13.6 Å². The lowest BCUT2D eigenvalue weighted by Gasteiger charge is -2.32. The van der Waals surface area contributed by atoms with Crippen LogP contribution in [0, 0.1) is 5.82 Å². The molecule has 2 aliphatic rings. The number of rotatable bonds is 8. The summed E-state index contributed by atoms with van der Waals surface area (Å²) in [5.41, 5.74) is 7.45. The summed E-state index contributed by atoms with van der Waals surface area (Å²) in [7, 11) is 2.18. The van der Waals surface area contributed by atoms with Crippen LogP contribution in [0.2, 0.25) is 0 Å². The molecular formula is C33H32FN3O2. The highest BCUT2D eigenvalue weighted by atomic mass is 19.1. The van der Waals surface area contributed by atoms with Crippen molar-refractivity contribution in [3.8, 4) is 11.1 Å². The number of hydrogen-bond acceptors (Lipinski definition) is 5. The highest BCUT2D eigenvalue weighted by Gasteiger charge is 2.21. The number of carbonyl (C=O) groups is 1. The fraction of sp³-hybridized carbons (Fsp3) is 0.273. The van der Waals surface area contributed by atoms with Gasteiger partial charge in [0.2, 0.25) is 0 Å².